The number of carbonyl (C=O) groups is 1. The van der Waals surface area contributed by atoms with Crippen molar-refractivity contribution < 1.29 is 14.3 Å². The predicted molar refractivity (Wildman–Crippen MR) is 74.7 cm³/mol. The van der Waals surface area contributed by atoms with Crippen LogP contribution in [0.25, 0.3) is 0 Å². The van der Waals surface area contributed by atoms with Gasteiger partial charge in [0.15, 0.2) is 0 Å². The highest BCUT2D eigenvalue weighted by molar-refractivity contribution is 5.80. The van der Waals surface area contributed by atoms with Gasteiger partial charge < -0.3 is 5.11 Å². The van der Waals surface area contributed by atoms with Crippen LogP contribution in [0.3, 0.4) is 0 Å². The fourth-order valence-electron chi connectivity index (χ4n) is 1.96. The van der Waals surface area contributed by atoms with Crippen LogP contribution in [-0.4, -0.2) is 11.1 Å². The average Bonchev–Trinajstić information content (AvgIpc) is 2.46. The van der Waals surface area contributed by atoms with E-state index >= 15 is 0 Å². The van der Waals surface area contributed by atoms with Crippen LogP contribution in [0.15, 0.2) is 54.6 Å². The second-order valence-electron chi connectivity index (χ2n) is 4.78. The summed E-state index contributed by atoms with van der Waals surface area (Å²) in [5.74, 6) is -1.38. The molecule has 2 N–H and O–H groups in total. The Morgan fingerprint density at radius 3 is 2.30 bits per heavy atom. The van der Waals surface area contributed by atoms with Crippen LogP contribution in [0.1, 0.15) is 18.1 Å². The molecule has 2 aromatic carbocycles. The van der Waals surface area contributed by atoms with Crippen molar-refractivity contribution >= 4 is 5.97 Å². The molecule has 2 aromatic rings. The lowest BCUT2D eigenvalue weighted by Crippen LogP contribution is -2.46. The molecule has 0 heterocycles. The zero-order valence-corrected chi connectivity index (χ0v) is 11.1. The molecule has 20 heavy (non-hydrogen) atoms. The molecule has 0 saturated carbocycles. The number of halogens is 1. The predicted octanol–water partition coefficient (Wildman–Crippen LogP) is 2.92. The smallest absolute Gasteiger partial charge is 0.328 e. The highest BCUT2D eigenvalue weighted by Gasteiger charge is 2.34. The average molecular weight is 273 g/mol. The molecule has 104 valence electrons. The summed E-state index contributed by atoms with van der Waals surface area (Å²) in [7, 11) is 0. The van der Waals surface area contributed by atoms with Crippen molar-refractivity contribution in [1.82, 2.24) is 5.32 Å². The van der Waals surface area contributed by atoms with Crippen LogP contribution < -0.4 is 5.32 Å². The Kier molecular flexibility index (Phi) is 4.15. The Morgan fingerprint density at radius 2 is 1.75 bits per heavy atom. The fourth-order valence-corrected chi connectivity index (χ4v) is 1.96. The Labute approximate surface area is 117 Å². The molecule has 0 spiro atoms. The van der Waals surface area contributed by atoms with E-state index in [0.29, 0.717) is 12.1 Å². The van der Waals surface area contributed by atoms with E-state index in [1.807, 2.05) is 30.3 Å². The number of benzene rings is 2. The largest absolute Gasteiger partial charge is 0.480 e. The number of carboxylic acids is 1. The summed E-state index contributed by atoms with van der Waals surface area (Å²) < 4.78 is 13.0. The van der Waals surface area contributed by atoms with Gasteiger partial charge in [0, 0.05) is 6.54 Å². The Hall–Kier alpha value is -2.20. The Balaban J connectivity index is 2.21. The molecule has 3 nitrogen and oxygen atoms in total. The molecule has 0 fully saturated rings. The zero-order valence-electron chi connectivity index (χ0n) is 11.1. The molecule has 0 aromatic heterocycles. The molecule has 0 aliphatic carbocycles. The number of rotatable bonds is 5. The van der Waals surface area contributed by atoms with Gasteiger partial charge in [0.2, 0.25) is 0 Å². The second kappa shape index (κ2) is 5.84. The first-order valence-corrected chi connectivity index (χ1v) is 6.31. The van der Waals surface area contributed by atoms with Crippen molar-refractivity contribution in [2.75, 3.05) is 0 Å². The van der Waals surface area contributed by atoms with Crippen LogP contribution in [0, 0.1) is 5.82 Å². The number of hydrogen-bond donors (Lipinski definition) is 2. The summed E-state index contributed by atoms with van der Waals surface area (Å²) in [5, 5.41) is 12.5. The fraction of sp³-hybridized carbons (Fsp3) is 0.188. The molecule has 2 rings (SSSR count). The molecule has 0 aliphatic rings. The van der Waals surface area contributed by atoms with E-state index in [-0.39, 0.29) is 5.82 Å². The highest BCUT2D eigenvalue weighted by atomic mass is 19.1. The monoisotopic (exact) mass is 273 g/mol. The van der Waals surface area contributed by atoms with Gasteiger partial charge in [-0.1, -0.05) is 42.5 Å². The van der Waals surface area contributed by atoms with Gasteiger partial charge >= 0.3 is 5.97 Å². The van der Waals surface area contributed by atoms with Gasteiger partial charge in [-0.3, -0.25) is 5.32 Å². The van der Waals surface area contributed by atoms with Crippen molar-refractivity contribution in [3.63, 3.8) is 0 Å². The van der Waals surface area contributed by atoms with E-state index < -0.39 is 11.5 Å². The lowest BCUT2D eigenvalue weighted by atomic mass is 9.91. The van der Waals surface area contributed by atoms with Crippen molar-refractivity contribution in [3.8, 4) is 0 Å². The quantitative estimate of drug-likeness (QED) is 0.880. The standard InChI is InChI=1S/C16H16FNO2/c1-16(15(19)20,13-7-9-14(17)10-8-13)18-11-12-5-3-2-4-6-12/h2-10,18H,11H2,1H3,(H,19,20). The molecule has 0 amide bonds. The number of nitrogens with one attached hydrogen (secondary N) is 1. The molecule has 4 heteroatoms. The maximum Gasteiger partial charge on any atom is 0.328 e. The third-order valence-electron chi connectivity index (χ3n) is 3.34. The van der Waals surface area contributed by atoms with E-state index in [1.54, 1.807) is 6.92 Å². The third kappa shape index (κ3) is 3.03. The first-order chi connectivity index (χ1) is 9.52. The minimum atomic E-state index is -1.26. The first-order valence-electron chi connectivity index (χ1n) is 6.31. The van der Waals surface area contributed by atoms with E-state index in [4.69, 9.17) is 0 Å². The van der Waals surface area contributed by atoms with Crippen molar-refractivity contribution in [3.05, 3.63) is 71.5 Å². The van der Waals surface area contributed by atoms with Gasteiger partial charge in [-0.05, 0) is 30.2 Å². The summed E-state index contributed by atoms with van der Waals surface area (Å²) in [5.41, 5.74) is 0.244. The maximum atomic E-state index is 13.0. The van der Waals surface area contributed by atoms with Gasteiger partial charge in [0.05, 0.1) is 0 Å². The van der Waals surface area contributed by atoms with Gasteiger partial charge in [0.1, 0.15) is 11.4 Å². The molecule has 1 unspecified atom stereocenters. The molecular weight excluding hydrogens is 257 g/mol. The van der Waals surface area contributed by atoms with E-state index in [0.717, 1.165) is 5.56 Å². The minimum Gasteiger partial charge on any atom is -0.480 e. The maximum absolute atomic E-state index is 13.0. The number of aliphatic carboxylic acids is 1. The van der Waals surface area contributed by atoms with Crippen molar-refractivity contribution in [2.45, 2.75) is 19.0 Å². The molecular formula is C16H16FNO2. The lowest BCUT2D eigenvalue weighted by Gasteiger charge is -2.27. The number of carboxylic acid groups (broad SMARTS) is 1. The van der Waals surface area contributed by atoms with Crippen LogP contribution in [-0.2, 0) is 16.9 Å². The molecule has 0 bridgehead atoms. The molecule has 0 radical (unpaired) electrons. The van der Waals surface area contributed by atoms with Crippen molar-refractivity contribution in [1.29, 1.82) is 0 Å². The summed E-state index contributed by atoms with van der Waals surface area (Å²) in [6.45, 7) is 1.99. The normalized spacial score (nSPS) is 13.7. The first kappa shape index (κ1) is 14.2. The molecule has 0 saturated heterocycles. The SMILES string of the molecule is CC(NCc1ccccc1)(C(=O)O)c1ccc(F)cc1. The van der Waals surface area contributed by atoms with Gasteiger partial charge in [-0.2, -0.15) is 0 Å². The van der Waals surface area contributed by atoms with Gasteiger partial charge in [-0.15, -0.1) is 0 Å². The van der Waals surface area contributed by atoms with Gasteiger partial charge in [-0.25, -0.2) is 9.18 Å². The Morgan fingerprint density at radius 1 is 1.15 bits per heavy atom. The van der Waals surface area contributed by atoms with E-state index in [9.17, 15) is 14.3 Å². The number of hydrogen-bond acceptors (Lipinski definition) is 2. The zero-order chi connectivity index (χ0) is 14.6. The molecule has 0 aliphatic heterocycles. The third-order valence-corrected chi connectivity index (χ3v) is 3.34. The van der Waals surface area contributed by atoms with E-state index in [1.165, 1.54) is 24.3 Å². The summed E-state index contributed by atoms with van der Waals surface area (Å²) >= 11 is 0. The van der Waals surface area contributed by atoms with Crippen LogP contribution >= 0.6 is 0 Å². The van der Waals surface area contributed by atoms with Crippen LogP contribution in [0.4, 0.5) is 4.39 Å². The van der Waals surface area contributed by atoms with Gasteiger partial charge in [0.25, 0.3) is 0 Å². The van der Waals surface area contributed by atoms with Crippen molar-refractivity contribution in [2.24, 2.45) is 0 Å². The summed E-state index contributed by atoms with van der Waals surface area (Å²) in [6, 6.07) is 15.0. The highest BCUT2D eigenvalue weighted by Crippen LogP contribution is 2.22. The topological polar surface area (TPSA) is 49.3 Å². The van der Waals surface area contributed by atoms with E-state index in [2.05, 4.69) is 5.32 Å². The molecule has 1 atom stereocenters. The minimum absolute atomic E-state index is 0.385. The second-order valence-corrected chi connectivity index (χ2v) is 4.78. The Bertz CT molecular complexity index is 583. The lowest BCUT2D eigenvalue weighted by molar-refractivity contribution is -0.144. The van der Waals surface area contributed by atoms with Crippen LogP contribution in [0.2, 0.25) is 0 Å². The summed E-state index contributed by atoms with van der Waals surface area (Å²) in [4.78, 5) is 11.6. The summed E-state index contributed by atoms with van der Waals surface area (Å²) in [6.07, 6.45) is 0. The van der Waals surface area contributed by atoms with Crippen LogP contribution in [0.5, 0.6) is 0 Å².